The van der Waals surface area contributed by atoms with E-state index in [2.05, 4.69) is 4.28 Å². The minimum absolute atomic E-state index is 0.00862. The van der Waals surface area contributed by atoms with Crippen molar-refractivity contribution >= 4 is 37.8 Å². The highest BCUT2D eigenvalue weighted by atomic mass is 32.2. The first kappa shape index (κ1) is 30.7. The molecule has 2 aliphatic heterocycles. The molecule has 2 saturated heterocycles. The van der Waals surface area contributed by atoms with Crippen molar-refractivity contribution < 1.29 is 70.8 Å². The summed E-state index contributed by atoms with van der Waals surface area (Å²) in [5.74, 6) is -10.6. The Kier molecular flexibility index (Phi) is 7.06. The van der Waals surface area contributed by atoms with Crippen molar-refractivity contribution in [2.75, 3.05) is 6.54 Å². The molecule has 12 nitrogen and oxygen atoms in total. The molecule has 0 spiro atoms. The zero-order chi connectivity index (χ0) is 31.9. The normalized spacial score (nSPS) is 26.3. The molecule has 0 aromatic heterocycles. The number of nitrogens with zero attached hydrogens (tertiary/aromatic N) is 2. The van der Waals surface area contributed by atoms with E-state index in [-0.39, 0.29) is 9.82 Å². The largest absolute Gasteiger partial charge is 0.416 e. The zero-order valence-electron chi connectivity index (χ0n) is 20.8. The van der Waals surface area contributed by atoms with E-state index in [9.17, 15) is 62.5 Å². The van der Waals surface area contributed by atoms with Gasteiger partial charge in [-0.2, -0.15) is 47.4 Å². The van der Waals surface area contributed by atoms with Crippen molar-refractivity contribution in [2.45, 2.75) is 28.4 Å². The summed E-state index contributed by atoms with van der Waals surface area (Å²) in [6.45, 7) is -0.733. The molecular weight excluding hydrogens is 642 g/mol. The molecule has 20 heteroatoms. The average Bonchev–Trinajstić information content (AvgIpc) is 3.46. The predicted molar refractivity (Wildman–Crippen MR) is 123 cm³/mol. The van der Waals surface area contributed by atoms with Gasteiger partial charge in [-0.05, 0) is 48.5 Å². The van der Waals surface area contributed by atoms with Gasteiger partial charge in [-0.25, -0.2) is 0 Å². The Morgan fingerprint density at radius 3 is 1.65 bits per heavy atom. The number of amides is 2. The maximum absolute atomic E-state index is 13.2. The fourth-order valence-electron chi connectivity index (χ4n) is 5.24. The molecule has 3 fully saturated rings. The number of fused-ring (bicyclic) bond motifs is 3. The van der Waals surface area contributed by atoms with Crippen molar-refractivity contribution in [3.05, 3.63) is 64.6 Å². The van der Waals surface area contributed by atoms with Gasteiger partial charge >= 0.3 is 38.8 Å². The molecule has 2 aromatic carbocycles. The van der Waals surface area contributed by atoms with Crippen molar-refractivity contribution in [3.8, 4) is 0 Å². The van der Waals surface area contributed by atoms with Crippen molar-refractivity contribution in [3.63, 3.8) is 0 Å². The van der Waals surface area contributed by atoms with Gasteiger partial charge in [0.25, 0.3) is 11.8 Å². The van der Waals surface area contributed by atoms with Gasteiger partial charge in [0.1, 0.15) is 11.8 Å². The lowest BCUT2D eigenvalue weighted by atomic mass is 9.90. The third-order valence-electron chi connectivity index (χ3n) is 7.19. The highest BCUT2D eigenvalue weighted by molar-refractivity contribution is 7.87. The van der Waals surface area contributed by atoms with Crippen LogP contribution >= 0.6 is 0 Å². The summed E-state index contributed by atoms with van der Waals surface area (Å²) in [4.78, 5) is 50.1. The van der Waals surface area contributed by atoms with E-state index in [0.29, 0.717) is 48.5 Å². The molecule has 43 heavy (non-hydrogen) atoms. The molecule has 0 radical (unpaired) electrons. The quantitative estimate of drug-likeness (QED) is 0.148. The summed E-state index contributed by atoms with van der Waals surface area (Å²) in [6, 6.07) is 3.85. The number of imide groups is 1. The lowest BCUT2D eigenvalue weighted by Crippen LogP contribution is -2.39. The topological polar surface area (TPSA) is 161 Å². The molecule has 2 heterocycles. The van der Waals surface area contributed by atoms with Gasteiger partial charge in [-0.15, -0.1) is 9.35 Å². The number of ketones is 1. The van der Waals surface area contributed by atoms with E-state index in [0.717, 1.165) is 0 Å². The first-order valence-electron chi connectivity index (χ1n) is 11.8. The third kappa shape index (κ3) is 5.21. The summed E-state index contributed by atoms with van der Waals surface area (Å²) < 4.78 is 137. The number of benzene rings is 2. The van der Waals surface area contributed by atoms with E-state index in [1.807, 2.05) is 0 Å². The van der Waals surface area contributed by atoms with Crippen LogP contribution in [0.5, 0.6) is 0 Å². The lowest BCUT2D eigenvalue weighted by Gasteiger charge is -2.17. The summed E-state index contributed by atoms with van der Waals surface area (Å²) in [5.41, 5.74) is -2.38. The van der Waals surface area contributed by atoms with Crippen LogP contribution in [0, 0.1) is 28.6 Å². The maximum atomic E-state index is 13.2. The van der Waals surface area contributed by atoms with Gasteiger partial charge in [-0.3, -0.25) is 14.4 Å². The van der Waals surface area contributed by atoms with Gasteiger partial charge in [0.05, 0.1) is 32.8 Å². The van der Waals surface area contributed by atoms with Crippen LogP contribution in [0.4, 0.5) is 26.3 Å². The van der Waals surface area contributed by atoms with Gasteiger partial charge in [0, 0.05) is 9.67 Å². The highest BCUT2D eigenvalue weighted by Gasteiger charge is 2.73. The van der Waals surface area contributed by atoms with Gasteiger partial charge in [0.2, 0.25) is 0 Å². The summed E-state index contributed by atoms with van der Waals surface area (Å²) in [5, 5.41) is -0.251. The molecule has 0 N–H and O–H groups in total. The maximum Gasteiger partial charge on any atom is 0.416 e. The fraction of sp³-hybridized carbons (Fsp3) is 0.348. The summed E-state index contributed by atoms with van der Waals surface area (Å²) in [7, 11) is -10.0. The number of carbonyl (C=O) groups excluding carboxylic acids is 3. The molecule has 1 saturated carbocycles. The number of hydroxylamine groups is 2. The number of rotatable bonds is 6. The number of Topliss-reactive ketones (excluding diaryl/α,β-unsaturated/α-hetero) is 1. The second-order valence-corrected chi connectivity index (χ2v) is 12.8. The van der Waals surface area contributed by atoms with Gasteiger partial charge < -0.3 is 0 Å². The molecular formula is C23H15F6N2O10S2+. The molecule has 2 aromatic rings. The predicted octanol–water partition coefficient (Wildman–Crippen LogP) is 2.28. The number of carbonyl (C=O) groups is 3. The molecule has 5 atom stereocenters. The van der Waals surface area contributed by atoms with Crippen molar-refractivity contribution in [1.29, 1.82) is 0 Å². The monoisotopic (exact) mass is 657 g/mol. The Morgan fingerprint density at radius 1 is 0.721 bits per heavy atom. The fourth-order valence-corrected chi connectivity index (χ4v) is 7.19. The van der Waals surface area contributed by atoms with Crippen LogP contribution in [-0.4, -0.2) is 57.0 Å². The number of alkyl halides is 6. The van der Waals surface area contributed by atoms with E-state index < -0.39 is 108 Å². The molecule has 1 aliphatic carbocycles. The Morgan fingerprint density at radius 2 is 1.19 bits per heavy atom. The van der Waals surface area contributed by atoms with Crippen LogP contribution in [0.15, 0.2) is 58.3 Å². The standard InChI is InChI=1S/C23H15F6N2O10S2/c24-22(25,26)10-1-5-12(6-2-10)42(36,37)40-21-16-14(9-30(21)35)15-17(18(16)32)20(34)31(19(15)33)41-43(38,39)13-7-3-11(4-8-13)23(27,28)29/h1-8,14-17,21H,9H2/q+1. The third-order valence-corrected chi connectivity index (χ3v) is 9.68. The molecule has 2 amide bonds. The Bertz CT molecular complexity index is 1760. The Balaban J connectivity index is 1.35. The Labute approximate surface area is 236 Å². The lowest BCUT2D eigenvalue weighted by molar-refractivity contribution is -0.603. The van der Waals surface area contributed by atoms with E-state index in [1.54, 1.807) is 0 Å². The van der Waals surface area contributed by atoms with Crippen molar-refractivity contribution in [1.82, 2.24) is 5.06 Å². The number of halogens is 6. The van der Waals surface area contributed by atoms with Crippen LogP contribution in [0.1, 0.15) is 11.1 Å². The van der Waals surface area contributed by atoms with Crippen LogP contribution in [0.3, 0.4) is 0 Å². The molecule has 5 rings (SSSR count). The first-order chi connectivity index (χ1) is 19.7. The molecule has 230 valence electrons. The van der Waals surface area contributed by atoms with Crippen LogP contribution in [0.2, 0.25) is 0 Å². The first-order valence-corrected chi connectivity index (χ1v) is 14.6. The van der Waals surface area contributed by atoms with E-state index in [1.165, 1.54) is 0 Å². The number of hydrogen-bond acceptors (Lipinski definition) is 10. The summed E-state index contributed by atoms with van der Waals surface area (Å²) in [6.07, 6.45) is -11.7. The molecule has 3 aliphatic rings. The number of nitroso groups, excluding NO2 is 1. The average molecular weight is 657 g/mol. The smallest absolute Gasteiger partial charge is 0.298 e. The minimum atomic E-state index is -5.07. The van der Waals surface area contributed by atoms with Crippen LogP contribution in [-0.2, 0) is 55.4 Å². The summed E-state index contributed by atoms with van der Waals surface area (Å²) >= 11 is 0. The van der Waals surface area contributed by atoms with Crippen molar-refractivity contribution in [2.24, 2.45) is 23.7 Å². The highest BCUT2D eigenvalue weighted by Crippen LogP contribution is 2.50. The van der Waals surface area contributed by atoms with E-state index >= 15 is 0 Å². The van der Waals surface area contributed by atoms with Gasteiger partial charge in [-0.1, -0.05) is 0 Å². The zero-order valence-corrected chi connectivity index (χ0v) is 22.4. The number of hydrogen-bond donors (Lipinski definition) is 0. The Hall–Kier alpha value is -3.75. The second kappa shape index (κ2) is 9.89. The molecule has 0 bridgehead atoms. The van der Waals surface area contributed by atoms with Gasteiger partial charge in [0.15, 0.2) is 12.3 Å². The van der Waals surface area contributed by atoms with Crippen LogP contribution in [0.25, 0.3) is 0 Å². The molecule has 5 unspecified atom stereocenters. The van der Waals surface area contributed by atoms with E-state index in [4.69, 9.17) is 4.18 Å². The van der Waals surface area contributed by atoms with Crippen LogP contribution < -0.4 is 0 Å². The SMILES string of the molecule is O=C1C2C(=O)N(OS(=O)(=O)c3ccc(C(F)(F)F)cc3)C(=O)C2C2C[N+](=O)C(OS(=O)(=O)c3ccc(C(F)(F)F)cc3)C12. The minimum Gasteiger partial charge on any atom is -0.298 e. The second-order valence-electron chi connectivity index (χ2n) is 9.68.